The van der Waals surface area contributed by atoms with Crippen molar-refractivity contribution >= 4 is 16.8 Å². The van der Waals surface area contributed by atoms with Gasteiger partial charge in [-0.3, -0.25) is 4.79 Å². The number of terminal acetylenes is 1. The van der Waals surface area contributed by atoms with Crippen LogP contribution < -0.4 is 5.32 Å². The van der Waals surface area contributed by atoms with Crippen LogP contribution in [0.2, 0.25) is 0 Å². The Hall–Kier alpha value is -2.21. The van der Waals surface area contributed by atoms with E-state index in [0.717, 1.165) is 10.9 Å². The Morgan fingerprint density at radius 3 is 3.06 bits per heavy atom. The Kier molecular flexibility index (Phi) is 2.65. The average Bonchev–Trinajstić information content (AvgIpc) is 2.75. The van der Waals surface area contributed by atoms with Crippen molar-refractivity contribution in [3.05, 3.63) is 36.0 Å². The third-order valence-electron chi connectivity index (χ3n) is 2.41. The molecule has 1 atom stereocenters. The van der Waals surface area contributed by atoms with Crippen molar-refractivity contribution in [2.45, 2.75) is 13.0 Å². The minimum Gasteiger partial charge on any atom is -0.361 e. The van der Waals surface area contributed by atoms with Gasteiger partial charge in [-0.1, -0.05) is 5.92 Å². The quantitative estimate of drug-likeness (QED) is 0.734. The van der Waals surface area contributed by atoms with Gasteiger partial charge in [0.1, 0.15) is 0 Å². The second kappa shape index (κ2) is 4.11. The minimum atomic E-state index is -0.255. The number of amides is 1. The largest absolute Gasteiger partial charge is 0.361 e. The van der Waals surface area contributed by atoms with Gasteiger partial charge in [-0.05, 0) is 31.2 Å². The molecule has 0 spiro atoms. The molecule has 1 aromatic carbocycles. The highest BCUT2D eigenvalue weighted by molar-refractivity contribution is 5.98. The van der Waals surface area contributed by atoms with Crippen LogP contribution in [0.15, 0.2) is 30.5 Å². The molecule has 1 heterocycles. The number of benzene rings is 1. The number of hydrogen-bond acceptors (Lipinski definition) is 1. The smallest absolute Gasteiger partial charge is 0.252 e. The molecular formula is C13H12N2O. The lowest BCUT2D eigenvalue weighted by Crippen LogP contribution is -2.31. The predicted molar refractivity (Wildman–Crippen MR) is 64.1 cm³/mol. The monoisotopic (exact) mass is 212 g/mol. The zero-order valence-electron chi connectivity index (χ0n) is 8.95. The normalized spacial score (nSPS) is 12.0. The van der Waals surface area contributed by atoms with Crippen LogP contribution in [0.1, 0.15) is 17.3 Å². The summed E-state index contributed by atoms with van der Waals surface area (Å²) >= 11 is 0. The van der Waals surface area contributed by atoms with Gasteiger partial charge in [0.2, 0.25) is 0 Å². The summed E-state index contributed by atoms with van der Waals surface area (Å²) < 4.78 is 0. The molecule has 0 saturated heterocycles. The number of H-pyrrole nitrogens is 1. The van der Waals surface area contributed by atoms with Crippen LogP contribution in [0.3, 0.4) is 0 Å². The van der Waals surface area contributed by atoms with Crippen LogP contribution in [-0.4, -0.2) is 16.9 Å². The molecule has 3 nitrogen and oxygen atoms in total. The molecule has 2 aromatic rings. The number of nitrogens with one attached hydrogen (secondary N) is 2. The maximum atomic E-state index is 11.8. The summed E-state index contributed by atoms with van der Waals surface area (Å²) in [6.45, 7) is 1.77. The van der Waals surface area contributed by atoms with Gasteiger partial charge in [0.25, 0.3) is 5.91 Å². The van der Waals surface area contributed by atoms with Gasteiger partial charge in [0.15, 0.2) is 0 Å². The molecule has 2 rings (SSSR count). The molecule has 1 unspecified atom stereocenters. The van der Waals surface area contributed by atoms with Crippen molar-refractivity contribution in [3.63, 3.8) is 0 Å². The van der Waals surface area contributed by atoms with E-state index in [1.54, 1.807) is 13.0 Å². The summed E-state index contributed by atoms with van der Waals surface area (Å²) in [6.07, 6.45) is 7.05. The molecule has 1 amide bonds. The maximum Gasteiger partial charge on any atom is 0.252 e. The number of aromatic nitrogens is 1. The summed E-state index contributed by atoms with van der Waals surface area (Å²) in [5.74, 6) is 2.31. The van der Waals surface area contributed by atoms with E-state index in [9.17, 15) is 4.79 Å². The second-order valence-electron chi connectivity index (χ2n) is 3.64. The molecule has 0 fully saturated rings. The van der Waals surface area contributed by atoms with Crippen LogP contribution in [0.4, 0.5) is 0 Å². The first-order valence-electron chi connectivity index (χ1n) is 5.05. The highest BCUT2D eigenvalue weighted by atomic mass is 16.1. The number of rotatable bonds is 2. The third kappa shape index (κ3) is 1.91. The minimum absolute atomic E-state index is 0.145. The molecule has 0 bridgehead atoms. The Balaban J connectivity index is 2.26. The fourth-order valence-corrected chi connectivity index (χ4v) is 1.52. The lowest BCUT2D eigenvalue weighted by molar-refractivity contribution is 0.0948. The zero-order chi connectivity index (χ0) is 11.5. The topological polar surface area (TPSA) is 44.9 Å². The van der Waals surface area contributed by atoms with Gasteiger partial charge in [0.05, 0.1) is 6.04 Å². The SMILES string of the molecule is C#CC(C)NC(=O)c1ccc2[nH]ccc2c1. The standard InChI is InChI=1S/C13H12N2O/c1-3-9(2)15-13(16)11-4-5-12-10(8-11)6-7-14-12/h1,4-9,14H,2H3,(H,15,16). The third-order valence-corrected chi connectivity index (χ3v) is 2.41. The van der Waals surface area contributed by atoms with Crippen molar-refractivity contribution in [2.24, 2.45) is 0 Å². The molecule has 3 heteroatoms. The van der Waals surface area contributed by atoms with E-state index in [1.165, 1.54) is 0 Å². The van der Waals surface area contributed by atoms with E-state index in [4.69, 9.17) is 6.42 Å². The molecule has 2 N–H and O–H groups in total. The van der Waals surface area contributed by atoms with E-state index in [2.05, 4.69) is 16.2 Å². The van der Waals surface area contributed by atoms with Gasteiger partial charge in [-0.15, -0.1) is 6.42 Å². The van der Waals surface area contributed by atoms with E-state index in [0.29, 0.717) is 5.56 Å². The van der Waals surface area contributed by atoms with Crippen LogP contribution in [0.25, 0.3) is 10.9 Å². The van der Waals surface area contributed by atoms with Crippen molar-refractivity contribution in [1.29, 1.82) is 0 Å². The van der Waals surface area contributed by atoms with Crippen LogP contribution in [0, 0.1) is 12.3 Å². The van der Waals surface area contributed by atoms with Crippen LogP contribution >= 0.6 is 0 Å². The number of carbonyl (C=O) groups is 1. The van der Waals surface area contributed by atoms with Gasteiger partial charge in [-0.25, -0.2) is 0 Å². The molecule has 0 aliphatic carbocycles. The summed E-state index contributed by atoms with van der Waals surface area (Å²) in [5.41, 5.74) is 1.63. The summed E-state index contributed by atoms with van der Waals surface area (Å²) in [5, 5.41) is 3.73. The fourth-order valence-electron chi connectivity index (χ4n) is 1.52. The predicted octanol–water partition coefficient (Wildman–Crippen LogP) is 1.92. The summed E-state index contributed by atoms with van der Waals surface area (Å²) in [4.78, 5) is 14.8. The Morgan fingerprint density at radius 2 is 2.31 bits per heavy atom. The second-order valence-corrected chi connectivity index (χ2v) is 3.64. The number of fused-ring (bicyclic) bond motifs is 1. The highest BCUT2D eigenvalue weighted by Crippen LogP contribution is 2.14. The van der Waals surface area contributed by atoms with E-state index in [1.807, 2.05) is 24.4 Å². The number of carbonyl (C=O) groups excluding carboxylic acids is 1. The number of aromatic amines is 1. The van der Waals surface area contributed by atoms with Crippen molar-refractivity contribution in [2.75, 3.05) is 0 Å². The fraction of sp³-hybridized carbons (Fsp3) is 0.154. The Labute approximate surface area is 93.9 Å². The van der Waals surface area contributed by atoms with Crippen molar-refractivity contribution in [1.82, 2.24) is 10.3 Å². The van der Waals surface area contributed by atoms with E-state index in [-0.39, 0.29) is 11.9 Å². The number of hydrogen-bond donors (Lipinski definition) is 2. The summed E-state index contributed by atoms with van der Waals surface area (Å²) in [6, 6.07) is 7.16. The average molecular weight is 212 g/mol. The van der Waals surface area contributed by atoms with Crippen LogP contribution in [0.5, 0.6) is 0 Å². The van der Waals surface area contributed by atoms with Gasteiger partial charge in [0, 0.05) is 22.7 Å². The Bertz CT molecular complexity index is 563. The first-order valence-corrected chi connectivity index (χ1v) is 5.05. The molecule has 0 radical (unpaired) electrons. The van der Waals surface area contributed by atoms with Gasteiger partial charge < -0.3 is 10.3 Å². The lowest BCUT2D eigenvalue weighted by atomic mass is 10.1. The van der Waals surface area contributed by atoms with Gasteiger partial charge in [-0.2, -0.15) is 0 Å². The zero-order valence-corrected chi connectivity index (χ0v) is 8.95. The molecule has 16 heavy (non-hydrogen) atoms. The van der Waals surface area contributed by atoms with E-state index >= 15 is 0 Å². The first kappa shape index (κ1) is 10.3. The summed E-state index contributed by atoms with van der Waals surface area (Å²) in [7, 11) is 0. The van der Waals surface area contributed by atoms with Crippen molar-refractivity contribution < 1.29 is 4.79 Å². The molecular weight excluding hydrogens is 200 g/mol. The van der Waals surface area contributed by atoms with Crippen LogP contribution in [-0.2, 0) is 0 Å². The first-order chi connectivity index (χ1) is 7.70. The molecule has 0 saturated carbocycles. The molecule has 0 aliphatic rings. The van der Waals surface area contributed by atoms with E-state index < -0.39 is 0 Å². The van der Waals surface area contributed by atoms with Gasteiger partial charge >= 0.3 is 0 Å². The molecule has 0 aliphatic heterocycles. The lowest BCUT2D eigenvalue weighted by Gasteiger charge is -2.07. The molecule has 1 aromatic heterocycles. The highest BCUT2D eigenvalue weighted by Gasteiger charge is 2.08. The van der Waals surface area contributed by atoms with Crippen molar-refractivity contribution in [3.8, 4) is 12.3 Å². The Morgan fingerprint density at radius 1 is 1.50 bits per heavy atom. The molecule has 80 valence electrons. The maximum absolute atomic E-state index is 11.8.